The summed E-state index contributed by atoms with van der Waals surface area (Å²) in [6, 6.07) is 4.47. The van der Waals surface area contributed by atoms with E-state index in [9.17, 15) is 4.39 Å². The largest absolute Gasteiger partial charge is 0.324 e. The van der Waals surface area contributed by atoms with Gasteiger partial charge in [-0.3, -0.25) is 0 Å². The summed E-state index contributed by atoms with van der Waals surface area (Å²) in [4.78, 5) is 8.60. The van der Waals surface area contributed by atoms with Crippen molar-refractivity contribution >= 4 is 15.9 Å². The van der Waals surface area contributed by atoms with Crippen molar-refractivity contribution in [3.63, 3.8) is 0 Å². The molecular weight excluding hydrogens is 297 g/mol. The van der Waals surface area contributed by atoms with Gasteiger partial charge in [-0.2, -0.15) is 0 Å². The van der Waals surface area contributed by atoms with E-state index in [-0.39, 0.29) is 11.9 Å². The first-order valence-electron chi connectivity index (χ1n) is 5.53. The van der Waals surface area contributed by atoms with Gasteiger partial charge >= 0.3 is 0 Å². The van der Waals surface area contributed by atoms with Gasteiger partial charge in [0.25, 0.3) is 0 Å². The second kappa shape index (κ2) is 5.12. The summed E-state index contributed by atoms with van der Waals surface area (Å²) in [5, 5.41) is 0. The molecule has 0 saturated carbocycles. The number of aromatic nitrogens is 2. The molecule has 3 nitrogen and oxygen atoms in total. The van der Waals surface area contributed by atoms with Gasteiger partial charge in [0.15, 0.2) is 5.82 Å². The third-order valence-electron chi connectivity index (χ3n) is 2.63. The van der Waals surface area contributed by atoms with Crippen molar-refractivity contribution in [3.8, 4) is 11.4 Å². The highest BCUT2D eigenvalue weighted by Crippen LogP contribution is 2.23. The smallest absolute Gasteiger partial charge is 0.159 e. The summed E-state index contributed by atoms with van der Waals surface area (Å²) in [5.41, 5.74) is 8.16. The Labute approximate surface area is 113 Å². The van der Waals surface area contributed by atoms with Crippen LogP contribution in [0.4, 0.5) is 4.39 Å². The Morgan fingerprint density at radius 3 is 2.61 bits per heavy atom. The summed E-state index contributed by atoms with van der Waals surface area (Å²) >= 11 is 3.25. The molecule has 0 aliphatic rings. The van der Waals surface area contributed by atoms with Gasteiger partial charge in [-0.25, -0.2) is 14.4 Å². The van der Waals surface area contributed by atoms with E-state index in [2.05, 4.69) is 25.9 Å². The van der Waals surface area contributed by atoms with E-state index in [1.165, 1.54) is 12.1 Å². The quantitative estimate of drug-likeness (QED) is 0.925. The molecule has 2 rings (SSSR count). The molecule has 1 aromatic carbocycles. The number of rotatable bonds is 2. The number of benzene rings is 1. The Morgan fingerprint density at radius 2 is 2.06 bits per heavy atom. The van der Waals surface area contributed by atoms with Crippen LogP contribution in [-0.2, 0) is 0 Å². The molecule has 1 atom stereocenters. The topological polar surface area (TPSA) is 51.8 Å². The van der Waals surface area contributed by atoms with Crippen LogP contribution in [0.25, 0.3) is 11.4 Å². The lowest BCUT2D eigenvalue weighted by Crippen LogP contribution is -2.09. The van der Waals surface area contributed by atoms with Crippen LogP contribution in [-0.4, -0.2) is 9.97 Å². The van der Waals surface area contributed by atoms with Gasteiger partial charge in [0, 0.05) is 33.5 Å². The lowest BCUT2D eigenvalue weighted by molar-refractivity contribution is 0.627. The van der Waals surface area contributed by atoms with E-state index in [1.807, 2.05) is 13.8 Å². The van der Waals surface area contributed by atoms with Gasteiger partial charge in [0.2, 0.25) is 0 Å². The minimum absolute atomic E-state index is 0.113. The molecule has 2 aromatic rings. The summed E-state index contributed by atoms with van der Waals surface area (Å²) in [6.45, 7) is 3.75. The monoisotopic (exact) mass is 309 g/mol. The molecule has 2 N–H and O–H groups in total. The Kier molecular flexibility index (Phi) is 3.73. The molecule has 0 aliphatic heterocycles. The number of aryl methyl sites for hydroxylation is 1. The van der Waals surface area contributed by atoms with Crippen LogP contribution in [0.3, 0.4) is 0 Å². The normalized spacial score (nSPS) is 12.5. The number of nitrogens with zero attached hydrogens (tertiary/aromatic N) is 2. The molecule has 0 saturated heterocycles. The number of nitrogens with two attached hydrogens (primary N) is 1. The maximum absolute atomic E-state index is 13.3. The molecule has 0 amide bonds. The standard InChI is InChI=1S/C13H13BrFN3/c1-7(16)12-6-17-13(18-8(12)2)9-3-10(14)5-11(15)4-9/h3-7H,16H2,1-2H3/t7-/m1/s1. The molecule has 1 aromatic heterocycles. The molecule has 0 fully saturated rings. The molecule has 94 valence electrons. The van der Waals surface area contributed by atoms with E-state index in [4.69, 9.17) is 5.73 Å². The summed E-state index contributed by atoms with van der Waals surface area (Å²) in [5.74, 6) is 0.175. The van der Waals surface area contributed by atoms with Crippen molar-refractivity contribution in [1.29, 1.82) is 0 Å². The summed E-state index contributed by atoms with van der Waals surface area (Å²) < 4.78 is 14.0. The predicted octanol–water partition coefficient (Wildman–Crippen LogP) is 3.37. The molecule has 0 radical (unpaired) electrons. The Hall–Kier alpha value is -1.33. The first-order valence-corrected chi connectivity index (χ1v) is 6.32. The molecule has 0 spiro atoms. The first-order chi connectivity index (χ1) is 8.47. The highest BCUT2D eigenvalue weighted by atomic mass is 79.9. The van der Waals surface area contributed by atoms with Crippen molar-refractivity contribution in [2.75, 3.05) is 0 Å². The van der Waals surface area contributed by atoms with Crippen LogP contribution in [0.1, 0.15) is 24.2 Å². The zero-order chi connectivity index (χ0) is 13.3. The fourth-order valence-corrected chi connectivity index (χ4v) is 2.21. The molecule has 0 aliphatic carbocycles. The van der Waals surface area contributed by atoms with Crippen LogP contribution in [0.5, 0.6) is 0 Å². The SMILES string of the molecule is Cc1nc(-c2cc(F)cc(Br)c2)ncc1[C@@H](C)N. The minimum Gasteiger partial charge on any atom is -0.324 e. The maximum Gasteiger partial charge on any atom is 0.159 e. The molecule has 0 unspecified atom stereocenters. The zero-order valence-electron chi connectivity index (χ0n) is 10.1. The summed E-state index contributed by atoms with van der Waals surface area (Å²) in [6.07, 6.45) is 1.70. The van der Waals surface area contributed by atoms with Crippen molar-refractivity contribution in [1.82, 2.24) is 9.97 Å². The summed E-state index contributed by atoms with van der Waals surface area (Å²) in [7, 11) is 0. The van der Waals surface area contributed by atoms with Crippen molar-refractivity contribution < 1.29 is 4.39 Å². The van der Waals surface area contributed by atoms with Crippen LogP contribution in [0.2, 0.25) is 0 Å². The van der Waals surface area contributed by atoms with Gasteiger partial charge in [-0.05, 0) is 32.0 Å². The van der Waals surface area contributed by atoms with Crippen LogP contribution >= 0.6 is 15.9 Å². The van der Waals surface area contributed by atoms with E-state index < -0.39 is 0 Å². The minimum atomic E-state index is -0.322. The zero-order valence-corrected chi connectivity index (χ0v) is 11.7. The van der Waals surface area contributed by atoms with Crippen molar-refractivity contribution in [2.45, 2.75) is 19.9 Å². The van der Waals surface area contributed by atoms with Crippen molar-refractivity contribution in [2.24, 2.45) is 5.73 Å². The molecule has 5 heteroatoms. The lowest BCUT2D eigenvalue weighted by Gasteiger charge is -2.10. The Balaban J connectivity index is 2.48. The highest BCUT2D eigenvalue weighted by Gasteiger charge is 2.09. The number of hydrogen-bond acceptors (Lipinski definition) is 3. The van der Waals surface area contributed by atoms with Gasteiger partial charge in [0.05, 0.1) is 0 Å². The highest BCUT2D eigenvalue weighted by molar-refractivity contribution is 9.10. The fraction of sp³-hybridized carbons (Fsp3) is 0.231. The lowest BCUT2D eigenvalue weighted by atomic mass is 10.1. The van der Waals surface area contributed by atoms with Gasteiger partial charge < -0.3 is 5.73 Å². The Morgan fingerprint density at radius 1 is 1.33 bits per heavy atom. The number of hydrogen-bond donors (Lipinski definition) is 1. The van der Waals surface area contributed by atoms with E-state index in [1.54, 1.807) is 12.3 Å². The number of halogens is 2. The maximum atomic E-state index is 13.3. The van der Waals surface area contributed by atoms with Crippen LogP contribution < -0.4 is 5.73 Å². The average molecular weight is 310 g/mol. The fourth-order valence-electron chi connectivity index (χ4n) is 1.75. The average Bonchev–Trinajstić information content (AvgIpc) is 2.26. The van der Waals surface area contributed by atoms with E-state index in [0.29, 0.717) is 15.9 Å². The molecule has 1 heterocycles. The molecule has 0 bridgehead atoms. The second-order valence-corrected chi connectivity index (χ2v) is 5.10. The third kappa shape index (κ3) is 2.73. The van der Waals surface area contributed by atoms with Crippen molar-refractivity contribution in [3.05, 3.63) is 45.9 Å². The molecular formula is C13H13BrFN3. The van der Waals surface area contributed by atoms with Crippen LogP contribution in [0, 0.1) is 12.7 Å². The van der Waals surface area contributed by atoms with Gasteiger partial charge in [-0.15, -0.1) is 0 Å². The van der Waals surface area contributed by atoms with Gasteiger partial charge in [-0.1, -0.05) is 15.9 Å². The van der Waals surface area contributed by atoms with E-state index in [0.717, 1.165) is 11.3 Å². The third-order valence-corrected chi connectivity index (χ3v) is 3.09. The molecule has 18 heavy (non-hydrogen) atoms. The van der Waals surface area contributed by atoms with E-state index >= 15 is 0 Å². The predicted molar refractivity (Wildman–Crippen MR) is 72.5 cm³/mol. The Bertz CT molecular complexity index is 564. The van der Waals surface area contributed by atoms with Crippen LogP contribution in [0.15, 0.2) is 28.9 Å². The first kappa shape index (κ1) is 13.1. The van der Waals surface area contributed by atoms with Gasteiger partial charge in [0.1, 0.15) is 5.82 Å². The second-order valence-electron chi connectivity index (χ2n) is 4.18.